The number of amides is 1. The van der Waals surface area contributed by atoms with Crippen LogP contribution in [0.2, 0.25) is 0 Å². The summed E-state index contributed by atoms with van der Waals surface area (Å²) in [7, 11) is 0. The highest BCUT2D eigenvalue weighted by molar-refractivity contribution is 5.92. The van der Waals surface area contributed by atoms with E-state index in [1.807, 2.05) is 30.3 Å². The summed E-state index contributed by atoms with van der Waals surface area (Å²) in [4.78, 5) is 25.6. The van der Waals surface area contributed by atoms with Gasteiger partial charge in [-0.15, -0.1) is 0 Å². The molecule has 6 heteroatoms. The van der Waals surface area contributed by atoms with Crippen molar-refractivity contribution in [1.29, 1.82) is 0 Å². The zero-order valence-electron chi connectivity index (χ0n) is 13.0. The van der Waals surface area contributed by atoms with Crippen LogP contribution in [0.3, 0.4) is 0 Å². The molecular formula is C18H17N3O3. The quantitative estimate of drug-likeness (QED) is 0.691. The normalized spacial score (nSPS) is 14.1. The maximum absolute atomic E-state index is 11.6. The SMILES string of the molecule is O=C1CCCc2cc(NCc3cccc4[nH]c(=O)oc34)ccc2N1. The van der Waals surface area contributed by atoms with Gasteiger partial charge < -0.3 is 15.1 Å². The molecule has 0 atom stereocenters. The van der Waals surface area contributed by atoms with Crippen LogP contribution in [0.5, 0.6) is 0 Å². The van der Waals surface area contributed by atoms with Crippen LogP contribution in [0.1, 0.15) is 24.0 Å². The maximum atomic E-state index is 11.6. The van der Waals surface area contributed by atoms with Gasteiger partial charge in [-0.25, -0.2) is 4.79 Å². The number of rotatable bonds is 3. The fraction of sp³-hybridized carbons (Fsp3) is 0.222. The first-order valence-electron chi connectivity index (χ1n) is 7.96. The second-order valence-corrected chi connectivity index (χ2v) is 5.94. The second kappa shape index (κ2) is 5.88. The molecule has 3 N–H and O–H groups in total. The van der Waals surface area contributed by atoms with E-state index in [0.29, 0.717) is 24.1 Å². The maximum Gasteiger partial charge on any atom is 0.417 e. The lowest BCUT2D eigenvalue weighted by atomic mass is 10.1. The predicted molar refractivity (Wildman–Crippen MR) is 92.2 cm³/mol. The number of carbonyl (C=O) groups excluding carboxylic acids is 1. The molecule has 0 aliphatic carbocycles. The van der Waals surface area contributed by atoms with Gasteiger partial charge in [0.1, 0.15) is 0 Å². The summed E-state index contributed by atoms with van der Waals surface area (Å²) in [6.45, 7) is 0.545. The molecule has 0 bridgehead atoms. The lowest BCUT2D eigenvalue weighted by molar-refractivity contribution is -0.116. The topological polar surface area (TPSA) is 87.1 Å². The smallest absolute Gasteiger partial charge is 0.407 e. The van der Waals surface area contributed by atoms with Crippen molar-refractivity contribution in [2.24, 2.45) is 0 Å². The number of aromatic nitrogens is 1. The van der Waals surface area contributed by atoms with Crippen molar-refractivity contribution in [2.45, 2.75) is 25.8 Å². The van der Waals surface area contributed by atoms with Gasteiger partial charge in [0.05, 0.1) is 5.52 Å². The van der Waals surface area contributed by atoms with Crippen molar-refractivity contribution in [3.05, 3.63) is 58.1 Å². The molecule has 1 aliphatic rings. The number of aryl methyl sites for hydroxylation is 1. The minimum atomic E-state index is -0.446. The number of hydrogen-bond donors (Lipinski definition) is 3. The minimum absolute atomic E-state index is 0.0728. The van der Waals surface area contributed by atoms with Crippen molar-refractivity contribution in [2.75, 3.05) is 10.6 Å². The van der Waals surface area contributed by atoms with Gasteiger partial charge in [0.15, 0.2) is 5.58 Å². The summed E-state index contributed by atoms with van der Waals surface area (Å²) < 4.78 is 5.21. The van der Waals surface area contributed by atoms with Crippen LogP contribution >= 0.6 is 0 Å². The first-order valence-corrected chi connectivity index (χ1v) is 7.96. The molecule has 0 unspecified atom stereocenters. The van der Waals surface area contributed by atoms with Crippen LogP contribution < -0.4 is 16.4 Å². The predicted octanol–water partition coefficient (Wildman–Crippen LogP) is 3.01. The summed E-state index contributed by atoms with van der Waals surface area (Å²) in [5.74, 6) is -0.373. The van der Waals surface area contributed by atoms with Gasteiger partial charge in [0, 0.05) is 29.9 Å². The monoisotopic (exact) mass is 323 g/mol. The molecule has 6 nitrogen and oxygen atoms in total. The highest BCUT2D eigenvalue weighted by atomic mass is 16.4. The van der Waals surface area contributed by atoms with E-state index in [2.05, 4.69) is 21.7 Å². The molecule has 0 saturated heterocycles. The number of benzene rings is 2. The molecule has 0 radical (unpaired) electrons. The third-order valence-electron chi connectivity index (χ3n) is 4.24. The Morgan fingerprint density at radius 2 is 2.04 bits per heavy atom. The molecule has 1 aromatic heterocycles. The van der Waals surface area contributed by atoms with Crippen LogP contribution in [0, 0.1) is 0 Å². The Labute approximate surface area is 137 Å². The van der Waals surface area contributed by atoms with Crippen molar-refractivity contribution in [3.8, 4) is 0 Å². The van der Waals surface area contributed by atoms with Crippen LogP contribution in [0.25, 0.3) is 11.1 Å². The average Bonchev–Trinajstić information content (AvgIpc) is 2.85. The van der Waals surface area contributed by atoms with Crippen molar-refractivity contribution < 1.29 is 9.21 Å². The molecule has 2 aromatic carbocycles. The molecule has 1 aliphatic heterocycles. The highest BCUT2D eigenvalue weighted by Gasteiger charge is 2.13. The van der Waals surface area contributed by atoms with Gasteiger partial charge in [-0.2, -0.15) is 0 Å². The lowest BCUT2D eigenvalue weighted by Gasteiger charge is -2.11. The van der Waals surface area contributed by atoms with Gasteiger partial charge in [-0.1, -0.05) is 12.1 Å². The Morgan fingerprint density at radius 3 is 2.96 bits per heavy atom. The van der Waals surface area contributed by atoms with E-state index in [1.165, 1.54) is 0 Å². The summed E-state index contributed by atoms with van der Waals surface area (Å²) in [5, 5.41) is 6.29. The number of nitrogens with one attached hydrogen (secondary N) is 3. The standard InChI is InChI=1S/C18H17N3O3/c22-16-6-2-3-11-9-13(7-8-14(11)20-16)19-10-12-4-1-5-15-17(12)24-18(23)21-15/h1,4-5,7-9,19H,2-3,6,10H2,(H,20,22)(H,21,23). The molecule has 1 amide bonds. The van der Waals surface area contributed by atoms with Crippen molar-refractivity contribution in [1.82, 2.24) is 4.98 Å². The number of H-pyrrole nitrogens is 1. The molecule has 0 saturated carbocycles. The first kappa shape index (κ1) is 14.6. The van der Waals surface area contributed by atoms with E-state index in [-0.39, 0.29) is 5.91 Å². The average molecular weight is 323 g/mol. The van der Waals surface area contributed by atoms with Gasteiger partial charge in [0.25, 0.3) is 0 Å². The molecule has 0 fully saturated rings. The molecule has 24 heavy (non-hydrogen) atoms. The highest BCUT2D eigenvalue weighted by Crippen LogP contribution is 2.26. The molecule has 2 heterocycles. The number of para-hydroxylation sites is 1. The van der Waals surface area contributed by atoms with Crippen LogP contribution in [-0.4, -0.2) is 10.9 Å². The lowest BCUT2D eigenvalue weighted by Crippen LogP contribution is -2.09. The fourth-order valence-corrected chi connectivity index (χ4v) is 3.05. The minimum Gasteiger partial charge on any atom is -0.407 e. The largest absolute Gasteiger partial charge is 0.417 e. The molecule has 0 spiro atoms. The molecule has 122 valence electrons. The zero-order chi connectivity index (χ0) is 16.5. The van der Waals surface area contributed by atoms with Crippen LogP contribution in [-0.2, 0) is 17.8 Å². The third-order valence-corrected chi connectivity index (χ3v) is 4.24. The van der Waals surface area contributed by atoms with E-state index in [0.717, 1.165) is 35.3 Å². The summed E-state index contributed by atoms with van der Waals surface area (Å²) in [6.07, 6.45) is 2.30. The van der Waals surface area contributed by atoms with Crippen molar-refractivity contribution in [3.63, 3.8) is 0 Å². The van der Waals surface area contributed by atoms with E-state index in [1.54, 1.807) is 0 Å². The fourth-order valence-electron chi connectivity index (χ4n) is 3.05. The Bertz CT molecular complexity index is 971. The van der Waals surface area contributed by atoms with Gasteiger partial charge in [0.2, 0.25) is 5.91 Å². The Balaban J connectivity index is 1.56. The Kier molecular flexibility index (Phi) is 3.57. The Morgan fingerprint density at radius 1 is 1.12 bits per heavy atom. The van der Waals surface area contributed by atoms with Crippen LogP contribution in [0.15, 0.2) is 45.6 Å². The van der Waals surface area contributed by atoms with E-state index in [4.69, 9.17) is 4.42 Å². The number of hydrogen-bond acceptors (Lipinski definition) is 4. The van der Waals surface area contributed by atoms with Gasteiger partial charge in [-0.05, 0) is 42.7 Å². The first-order chi connectivity index (χ1) is 11.7. The third kappa shape index (κ3) is 2.78. The van der Waals surface area contributed by atoms with Gasteiger partial charge in [-0.3, -0.25) is 9.78 Å². The summed E-state index contributed by atoms with van der Waals surface area (Å²) in [5.41, 5.74) is 5.19. The second-order valence-electron chi connectivity index (χ2n) is 5.94. The molecular weight excluding hydrogens is 306 g/mol. The summed E-state index contributed by atoms with van der Waals surface area (Å²) in [6, 6.07) is 11.6. The molecule has 3 aromatic rings. The number of fused-ring (bicyclic) bond motifs is 2. The Hall–Kier alpha value is -3.02. The van der Waals surface area contributed by atoms with Gasteiger partial charge >= 0.3 is 5.76 Å². The number of carbonyl (C=O) groups is 1. The number of aromatic amines is 1. The van der Waals surface area contributed by atoms with E-state index < -0.39 is 5.76 Å². The number of oxazole rings is 1. The van der Waals surface area contributed by atoms with E-state index >= 15 is 0 Å². The van der Waals surface area contributed by atoms with Crippen molar-refractivity contribution >= 4 is 28.4 Å². The zero-order valence-corrected chi connectivity index (χ0v) is 13.0. The summed E-state index contributed by atoms with van der Waals surface area (Å²) >= 11 is 0. The number of anilines is 2. The molecule has 4 rings (SSSR count). The van der Waals surface area contributed by atoms with E-state index in [9.17, 15) is 9.59 Å². The van der Waals surface area contributed by atoms with Crippen LogP contribution in [0.4, 0.5) is 11.4 Å².